The van der Waals surface area contributed by atoms with Gasteiger partial charge in [0.05, 0.1) is 17.3 Å². The zero-order valence-corrected chi connectivity index (χ0v) is 15.1. The molecule has 1 heterocycles. The number of rotatable bonds is 7. The van der Waals surface area contributed by atoms with Crippen LogP contribution < -0.4 is 10.1 Å². The molecule has 1 aromatic carbocycles. The smallest absolute Gasteiger partial charge is 0.226 e. The molecule has 2 aromatic rings. The number of ether oxygens (including phenoxy) is 1. The number of hydrogen-bond acceptors (Lipinski definition) is 4. The Morgan fingerprint density at radius 2 is 2.23 bits per heavy atom. The van der Waals surface area contributed by atoms with E-state index in [0.717, 1.165) is 40.7 Å². The van der Waals surface area contributed by atoms with E-state index in [1.807, 2.05) is 23.6 Å². The summed E-state index contributed by atoms with van der Waals surface area (Å²) in [5.74, 6) is 0.814. The lowest BCUT2D eigenvalue weighted by atomic mass is 10.2. The maximum Gasteiger partial charge on any atom is 0.226 e. The van der Waals surface area contributed by atoms with E-state index in [4.69, 9.17) is 4.74 Å². The molecule has 4 nitrogen and oxygen atoms in total. The van der Waals surface area contributed by atoms with Crippen LogP contribution >= 0.6 is 27.3 Å². The molecule has 0 saturated heterocycles. The third-order valence-electron chi connectivity index (χ3n) is 3.21. The van der Waals surface area contributed by atoms with Gasteiger partial charge in [0.15, 0.2) is 5.13 Å². The zero-order chi connectivity index (χ0) is 15.9. The number of hydrogen-bond donors (Lipinski definition) is 1. The predicted octanol–water partition coefficient (Wildman–Crippen LogP) is 5.10. The Hall–Kier alpha value is -1.40. The normalized spacial score (nSPS) is 10.5. The average molecular weight is 383 g/mol. The number of nitrogens with one attached hydrogen (secondary N) is 1. The number of carbonyl (C=O) groups excluding carboxylic acids is 1. The second-order valence-corrected chi connectivity index (χ2v) is 6.60. The topological polar surface area (TPSA) is 51.2 Å². The third kappa shape index (κ3) is 4.55. The highest BCUT2D eigenvalue weighted by Gasteiger charge is 2.09. The van der Waals surface area contributed by atoms with Crippen LogP contribution in [0, 0.1) is 0 Å². The number of aromatic nitrogens is 1. The standard InChI is InChI=1S/C16H19BrN2O2S/c1-3-4-5-6-15(20)19-16-18-13(10-22-16)11-7-8-14(21-2)12(17)9-11/h7-10H,3-6H2,1-2H3,(H,18,19,20). The molecule has 0 aliphatic carbocycles. The molecule has 0 unspecified atom stereocenters. The van der Waals surface area contributed by atoms with Crippen molar-refractivity contribution in [2.75, 3.05) is 12.4 Å². The highest BCUT2D eigenvalue weighted by atomic mass is 79.9. The van der Waals surface area contributed by atoms with Gasteiger partial charge in [0.2, 0.25) is 5.91 Å². The summed E-state index contributed by atoms with van der Waals surface area (Å²) < 4.78 is 6.10. The number of methoxy groups -OCH3 is 1. The molecular formula is C16H19BrN2O2S. The Morgan fingerprint density at radius 3 is 2.91 bits per heavy atom. The molecule has 0 bridgehead atoms. The van der Waals surface area contributed by atoms with E-state index in [1.54, 1.807) is 7.11 Å². The van der Waals surface area contributed by atoms with E-state index in [9.17, 15) is 4.79 Å². The summed E-state index contributed by atoms with van der Waals surface area (Å²) in [5.41, 5.74) is 1.83. The van der Waals surface area contributed by atoms with Crippen molar-refractivity contribution in [1.29, 1.82) is 0 Å². The molecule has 0 radical (unpaired) electrons. The first-order valence-electron chi connectivity index (χ1n) is 7.23. The molecule has 0 aliphatic rings. The molecule has 1 amide bonds. The van der Waals surface area contributed by atoms with Gasteiger partial charge in [-0.15, -0.1) is 11.3 Å². The Morgan fingerprint density at radius 1 is 1.41 bits per heavy atom. The van der Waals surface area contributed by atoms with Gasteiger partial charge in [-0.3, -0.25) is 4.79 Å². The first kappa shape index (κ1) is 17.0. The van der Waals surface area contributed by atoms with E-state index in [-0.39, 0.29) is 5.91 Å². The summed E-state index contributed by atoms with van der Waals surface area (Å²) in [7, 11) is 1.63. The Balaban J connectivity index is 2.02. The van der Waals surface area contributed by atoms with Crippen LogP contribution in [0.15, 0.2) is 28.1 Å². The van der Waals surface area contributed by atoms with Crippen LogP contribution in [0.5, 0.6) is 5.75 Å². The minimum Gasteiger partial charge on any atom is -0.496 e. The largest absolute Gasteiger partial charge is 0.496 e. The van der Waals surface area contributed by atoms with Crippen molar-refractivity contribution in [2.24, 2.45) is 0 Å². The number of unbranched alkanes of at least 4 members (excludes halogenated alkanes) is 2. The minimum absolute atomic E-state index is 0.0326. The molecule has 1 N–H and O–H groups in total. The van der Waals surface area contributed by atoms with Gasteiger partial charge in [0, 0.05) is 17.4 Å². The van der Waals surface area contributed by atoms with Crippen molar-refractivity contribution in [2.45, 2.75) is 32.6 Å². The highest BCUT2D eigenvalue weighted by molar-refractivity contribution is 9.10. The highest BCUT2D eigenvalue weighted by Crippen LogP contribution is 2.32. The molecule has 2 rings (SSSR count). The van der Waals surface area contributed by atoms with E-state index in [1.165, 1.54) is 11.3 Å². The summed E-state index contributed by atoms with van der Waals surface area (Å²) in [4.78, 5) is 16.3. The van der Waals surface area contributed by atoms with Crippen LogP contribution in [-0.4, -0.2) is 18.0 Å². The van der Waals surface area contributed by atoms with Crippen LogP contribution in [0.25, 0.3) is 11.3 Å². The number of carbonyl (C=O) groups is 1. The fourth-order valence-corrected chi connectivity index (χ4v) is 3.28. The molecule has 0 saturated carbocycles. The van der Waals surface area contributed by atoms with E-state index in [0.29, 0.717) is 11.6 Å². The van der Waals surface area contributed by atoms with Crippen molar-refractivity contribution >= 4 is 38.3 Å². The number of thiazole rings is 1. The summed E-state index contributed by atoms with van der Waals surface area (Å²) in [6, 6.07) is 5.80. The lowest BCUT2D eigenvalue weighted by Gasteiger charge is -2.04. The maximum absolute atomic E-state index is 11.8. The summed E-state index contributed by atoms with van der Waals surface area (Å²) in [5, 5.41) is 5.44. The predicted molar refractivity (Wildman–Crippen MR) is 94.6 cm³/mol. The average Bonchev–Trinajstić information content (AvgIpc) is 2.96. The first-order chi connectivity index (χ1) is 10.6. The number of halogens is 1. The van der Waals surface area contributed by atoms with Crippen LogP contribution in [0.2, 0.25) is 0 Å². The summed E-state index contributed by atoms with van der Waals surface area (Å²) >= 11 is 4.91. The van der Waals surface area contributed by atoms with E-state index >= 15 is 0 Å². The third-order valence-corrected chi connectivity index (χ3v) is 4.58. The lowest BCUT2D eigenvalue weighted by molar-refractivity contribution is -0.116. The van der Waals surface area contributed by atoms with Crippen molar-refractivity contribution in [1.82, 2.24) is 4.98 Å². The molecule has 0 spiro atoms. The number of anilines is 1. The van der Waals surface area contributed by atoms with Gasteiger partial charge in [0.25, 0.3) is 0 Å². The molecule has 118 valence electrons. The molecular weight excluding hydrogens is 364 g/mol. The Bertz CT molecular complexity index is 643. The Labute approximate surface area is 143 Å². The second-order valence-electron chi connectivity index (χ2n) is 4.89. The molecule has 22 heavy (non-hydrogen) atoms. The van der Waals surface area contributed by atoms with Crippen LogP contribution in [0.1, 0.15) is 32.6 Å². The summed E-state index contributed by atoms with van der Waals surface area (Å²) in [6.45, 7) is 2.12. The van der Waals surface area contributed by atoms with Crippen LogP contribution in [-0.2, 0) is 4.79 Å². The zero-order valence-electron chi connectivity index (χ0n) is 12.7. The van der Waals surface area contributed by atoms with Crippen molar-refractivity contribution in [3.05, 3.63) is 28.1 Å². The molecule has 0 atom stereocenters. The van der Waals surface area contributed by atoms with E-state index in [2.05, 4.69) is 33.2 Å². The van der Waals surface area contributed by atoms with Gasteiger partial charge in [-0.05, 0) is 40.5 Å². The quantitative estimate of drug-likeness (QED) is 0.677. The second kappa shape index (κ2) is 8.29. The fourth-order valence-electron chi connectivity index (χ4n) is 2.01. The number of amides is 1. The van der Waals surface area contributed by atoms with Gasteiger partial charge in [-0.2, -0.15) is 0 Å². The number of benzene rings is 1. The molecule has 0 aliphatic heterocycles. The SMILES string of the molecule is CCCCCC(=O)Nc1nc(-c2ccc(OC)c(Br)c2)cs1. The van der Waals surface area contributed by atoms with Gasteiger partial charge >= 0.3 is 0 Å². The van der Waals surface area contributed by atoms with Crippen LogP contribution in [0.4, 0.5) is 5.13 Å². The molecule has 6 heteroatoms. The van der Waals surface area contributed by atoms with E-state index < -0.39 is 0 Å². The maximum atomic E-state index is 11.8. The fraction of sp³-hybridized carbons (Fsp3) is 0.375. The molecule has 1 aromatic heterocycles. The van der Waals surface area contributed by atoms with Gasteiger partial charge in [-0.1, -0.05) is 19.8 Å². The van der Waals surface area contributed by atoms with Crippen LogP contribution in [0.3, 0.4) is 0 Å². The van der Waals surface area contributed by atoms with Gasteiger partial charge in [0.1, 0.15) is 5.75 Å². The van der Waals surface area contributed by atoms with Crippen molar-refractivity contribution < 1.29 is 9.53 Å². The number of nitrogens with zero attached hydrogens (tertiary/aromatic N) is 1. The lowest BCUT2D eigenvalue weighted by Crippen LogP contribution is -2.10. The van der Waals surface area contributed by atoms with Crippen molar-refractivity contribution in [3.63, 3.8) is 0 Å². The van der Waals surface area contributed by atoms with Gasteiger partial charge < -0.3 is 10.1 Å². The van der Waals surface area contributed by atoms with Crippen molar-refractivity contribution in [3.8, 4) is 17.0 Å². The minimum atomic E-state index is 0.0326. The molecule has 0 fully saturated rings. The first-order valence-corrected chi connectivity index (χ1v) is 8.90. The Kier molecular flexibility index (Phi) is 6.39. The summed E-state index contributed by atoms with van der Waals surface area (Å²) in [6.07, 6.45) is 3.67. The monoisotopic (exact) mass is 382 g/mol. The van der Waals surface area contributed by atoms with Gasteiger partial charge in [-0.25, -0.2) is 4.98 Å².